The van der Waals surface area contributed by atoms with E-state index in [4.69, 9.17) is 9.47 Å². The lowest BCUT2D eigenvalue weighted by Gasteiger charge is -2.17. The van der Waals surface area contributed by atoms with Crippen molar-refractivity contribution in [1.29, 1.82) is 5.26 Å². The topological polar surface area (TPSA) is 125 Å². The highest BCUT2D eigenvalue weighted by Crippen LogP contribution is 2.25. The molecule has 2 N–H and O–H groups in total. The third-order valence-electron chi connectivity index (χ3n) is 4.17. The second-order valence-electron chi connectivity index (χ2n) is 6.35. The Hall–Kier alpha value is -3.45. The van der Waals surface area contributed by atoms with Crippen molar-refractivity contribution in [3.8, 4) is 11.9 Å². The molecule has 0 amide bonds. The van der Waals surface area contributed by atoms with E-state index in [0.717, 1.165) is 13.0 Å². The number of carbonyl (C=O) groups is 1. The SMILES string of the molecule is COC(=O)c1cnc(Nc2cnc(C#N)c(OC3CCNC3)n2)cc1N(C)C. The third kappa shape index (κ3) is 4.27. The smallest absolute Gasteiger partial charge is 0.341 e. The number of aromatic nitrogens is 3. The molecule has 146 valence electrons. The fourth-order valence-electron chi connectivity index (χ4n) is 2.76. The molecule has 1 unspecified atom stereocenters. The molecule has 10 heteroatoms. The Morgan fingerprint density at radius 1 is 1.36 bits per heavy atom. The molecule has 1 aliphatic rings. The Kier molecular flexibility index (Phi) is 5.86. The van der Waals surface area contributed by atoms with Crippen LogP contribution >= 0.6 is 0 Å². The van der Waals surface area contributed by atoms with Crippen LogP contribution in [-0.4, -0.2) is 61.3 Å². The van der Waals surface area contributed by atoms with Crippen molar-refractivity contribution < 1.29 is 14.3 Å². The minimum atomic E-state index is -0.471. The number of esters is 1. The van der Waals surface area contributed by atoms with E-state index in [9.17, 15) is 10.1 Å². The summed E-state index contributed by atoms with van der Waals surface area (Å²) in [6, 6.07) is 3.69. The van der Waals surface area contributed by atoms with E-state index in [0.29, 0.717) is 29.4 Å². The predicted molar refractivity (Wildman–Crippen MR) is 102 cm³/mol. The molecule has 0 aliphatic carbocycles. The van der Waals surface area contributed by atoms with Gasteiger partial charge in [-0.05, 0) is 13.0 Å². The molecule has 2 aromatic heterocycles. The molecule has 10 nitrogen and oxygen atoms in total. The van der Waals surface area contributed by atoms with Gasteiger partial charge >= 0.3 is 5.97 Å². The number of hydrogen-bond donors (Lipinski definition) is 2. The number of rotatable bonds is 6. The standard InChI is InChI=1S/C18H21N7O3/c1-25(2)14-6-15(22-9-12(14)18(26)27-3)23-16-10-21-13(7-19)17(24-16)28-11-4-5-20-8-11/h6,9-11,20H,4-5,8H2,1-3H3,(H,22,23,24). The molecule has 1 saturated heterocycles. The molecule has 0 bridgehead atoms. The zero-order valence-electron chi connectivity index (χ0n) is 15.9. The molecule has 28 heavy (non-hydrogen) atoms. The van der Waals surface area contributed by atoms with Crippen molar-refractivity contribution in [3.63, 3.8) is 0 Å². The van der Waals surface area contributed by atoms with E-state index in [-0.39, 0.29) is 17.7 Å². The summed E-state index contributed by atoms with van der Waals surface area (Å²) in [7, 11) is 4.95. The molecule has 3 heterocycles. The first kappa shape index (κ1) is 19.3. The molecular weight excluding hydrogens is 362 g/mol. The maximum Gasteiger partial charge on any atom is 0.341 e. The number of carbonyl (C=O) groups excluding carboxylic acids is 1. The van der Waals surface area contributed by atoms with Crippen molar-refractivity contribution in [2.45, 2.75) is 12.5 Å². The van der Waals surface area contributed by atoms with Gasteiger partial charge in [-0.25, -0.2) is 14.8 Å². The Labute approximate surface area is 162 Å². The van der Waals surface area contributed by atoms with Crippen molar-refractivity contribution >= 4 is 23.3 Å². The molecule has 1 aliphatic heterocycles. The highest BCUT2D eigenvalue weighted by molar-refractivity contribution is 5.96. The van der Waals surface area contributed by atoms with Crippen molar-refractivity contribution in [1.82, 2.24) is 20.3 Å². The molecule has 0 aromatic carbocycles. The van der Waals surface area contributed by atoms with Gasteiger partial charge < -0.3 is 25.0 Å². The Bertz CT molecular complexity index is 905. The van der Waals surface area contributed by atoms with Gasteiger partial charge in [0.1, 0.15) is 23.6 Å². The van der Waals surface area contributed by atoms with Crippen LogP contribution < -0.4 is 20.3 Å². The van der Waals surface area contributed by atoms with Gasteiger partial charge in [0.2, 0.25) is 5.69 Å². The normalized spacial score (nSPS) is 15.6. The van der Waals surface area contributed by atoms with Gasteiger partial charge in [0.25, 0.3) is 5.88 Å². The van der Waals surface area contributed by atoms with Crippen LogP contribution in [0.3, 0.4) is 0 Å². The second-order valence-corrected chi connectivity index (χ2v) is 6.35. The number of nitrogens with one attached hydrogen (secondary N) is 2. The van der Waals surface area contributed by atoms with Crippen LogP contribution in [0.15, 0.2) is 18.5 Å². The first-order chi connectivity index (χ1) is 13.5. The van der Waals surface area contributed by atoms with Gasteiger partial charge in [-0.15, -0.1) is 0 Å². The van der Waals surface area contributed by atoms with Crippen LogP contribution in [0.2, 0.25) is 0 Å². The summed E-state index contributed by atoms with van der Waals surface area (Å²) in [5, 5.41) is 15.5. The van der Waals surface area contributed by atoms with Crippen LogP contribution in [0.1, 0.15) is 22.5 Å². The Morgan fingerprint density at radius 2 is 2.18 bits per heavy atom. The van der Waals surface area contributed by atoms with Crippen LogP contribution in [0, 0.1) is 11.3 Å². The fraction of sp³-hybridized carbons (Fsp3) is 0.389. The minimum absolute atomic E-state index is 0.0468. The summed E-state index contributed by atoms with van der Waals surface area (Å²) in [4.78, 5) is 26.4. The summed E-state index contributed by atoms with van der Waals surface area (Å²) in [5.41, 5.74) is 1.11. The van der Waals surface area contributed by atoms with Gasteiger partial charge in [0.05, 0.1) is 19.0 Å². The van der Waals surface area contributed by atoms with E-state index in [1.165, 1.54) is 19.5 Å². The van der Waals surface area contributed by atoms with E-state index in [1.54, 1.807) is 11.0 Å². The number of nitriles is 1. The molecule has 0 saturated carbocycles. The fourth-order valence-corrected chi connectivity index (χ4v) is 2.76. The molecule has 3 rings (SSSR count). The lowest BCUT2D eigenvalue weighted by atomic mass is 10.2. The van der Waals surface area contributed by atoms with Gasteiger partial charge in [-0.2, -0.15) is 10.2 Å². The van der Waals surface area contributed by atoms with Gasteiger partial charge in [0.15, 0.2) is 5.82 Å². The summed E-state index contributed by atoms with van der Waals surface area (Å²) in [5.74, 6) is 0.550. The molecule has 1 fully saturated rings. The van der Waals surface area contributed by atoms with Crippen molar-refractivity contribution in [2.24, 2.45) is 0 Å². The molecule has 2 aromatic rings. The van der Waals surface area contributed by atoms with Crippen LogP contribution in [0.25, 0.3) is 0 Å². The highest BCUT2D eigenvalue weighted by atomic mass is 16.5. The second kappa shape index (κ2) is 8.49. The number of hydrogen-bond acceptors (Lipinski definition) is 10. The van der Waals surface area contributed by atoms with Crippen molar-refractivity contribution in [3.05, 3.63) is 29.7 Å². The first-order valence-electron chi connectivity index (χ1n) is 8.69. The summed E-state index contributed by atoms with van der Waals surface area (Å²) < 4.78 is 10.6. The number of ether oxygens (including phenoxy) is 2. The average Bonchev–Trinajstić information content (AvgIpc) is 3.20. The summed E-state index contributed by atoms with van der Waals surface area (Å²) >= 11 is 0. The largest absolute Gasteiger partial charge is 0.471 e. The number of methoxy groups -OCH3 is 1. The molecule has 1 atom stereocenters. The molecule has 0 spiro atoms. The molecular formula is C18H21N7O3. The first-order valence-corrected chi connectivity index (χ1v) is 8.69. The van der Waals surface area contributed by atoms with Crippen LogP contribution in [-0.2, 0) is 4.74 Å². The maximum absolute atomic E-state index is 11.9. The van der Waals surface area contributed by atoms with Crippen molar-refractivity contribution in [2.75, 3.05) is 44.5 Å². The zero-order valence-corrected chi connectivity index (χ0v) is 15.9. The monoisotopic (exact) mass is 383 g/mol. The lowest BCUT2D eigenvalue weighted by Crippen LogP contribution is -2.21. The van der Waals surface area contributed by atoms with E-state index in [2.05, 4.69) is 25.6 Å². The van der Waals surface area contributed by atoms with E-state index < -0.39 is 5.97 Å². The maximum atomic E-state index is 11.9. The molecule has 0 radical (unpaired) electrons. The number of nitrogens with zero attached hydrogens (tertiary/aromatic N) is 5. The highest BCUT2D eigenvalue weighted by Gasteiger charge is 2.20. The van der Waals surface area contributed by atoms with E-state index >= 15 is 0 Å². The van der Waals surface area contributed by atoms with Crippen LogP contribution in [0.5, 0.6) is 5.88 Å². The van der Waals surface area contributed by atoms with E-state index in [1.807, 2.05) is 20.2 Å². The zero-order chi connectivity index (χ0) is 20.1. The Balaban J connectivity index is 1.85. The quantitative estimate of drug-likeness (QED) is 0.700. The summed E-state index contributed by atoms with van der Waals surface area (Å²) in [6.45, 7) is 1.56. The Morgan fingerprint density at radius 3 is 2.82 bits per heavy atom. The van der Waals surface area contributed by atoms with Gasteiger partial charge in [-0.1, -0.05) is 0 Å². The van der Waals surface area contributed by atoms with Gasteiger partial charge in [-0.3, -0.25) is 0 Å². The summed E-state index contributed by atoms with van der Waals surface area (Å²) in [6.07, 6.45) is 3.66. The predicted octanol–water partition coefficient (Wildman–Crippen LogP) is 1.08. The minimum Gasteiger partial charge on any atom is -0.471 e. The lowest BCUT2D eigenvalue weighted by molar-refractivity contribution is 0.0601. The van der Waals surface area contributed by atoms with Gasteiger partial charge in [0, 0.05) is 32.9 Å². The number of pyridine rings is 1. The van der Waals surface area contributed by atoms with Crippen LogP contribution in [0.4, 0.5) is 17.3 Å². The average molecular weight is 383 g/mol. The third-order valence-corrected chi connectivity index (χ3v) is 4.17. The number of anilines is 3.